The Labute approximate surface area is 167 Å². The van der Waals surface area contributed by atoms with E-state index in [1.54, 1.807) is 0 Å². The minimum absolute atomic E-state index is 0. The van der Waals surface area contributed by atoms with Gasteiger partial charge in [-0.2, -0.15) is 5.10 Å². The summed E-state index contributed by atoms with van der Waals surface area (Å²) in [6.45, 7) is 5.52. The second-order valence-electron chi connectivity index (χ2n) is 7.14. The molecule has 0 N–H and O–H groups in total. The second-order valence-corrected chi connectivity index (χ2v) is 7.14. The summed E-state index contributed by atoms with van der Waals surface area (Å²) in [5.41, 5.74) is 3.55. The van der Waals surface area contributed by atoms with Gasteiger partial charge in [-0.3, -0.25) is 4.68 Å². The van der Waals surface area contributed by atoms with Gasteiger partial charge in [0.25, 0.3) is 0 Å². The first-order chi connectivity index (χ1) is 12.9. The molecule has 4 rings (SSSR count). The number of aryl methyl sites for hydroxylation is 1. The van der Waals surface area contributed by atoms with Gasteiger partial charge in [0.15, 0.2) is 0 Å². The Hall–Kier alpha value is -2.11. The Balaban J connectivity index is 0.00000210. The molecule has 1 fully saturated rings. The van der Waals surface area contributed by atoms with Crippen LogP contribution in [-0.4, -0.2) is 43.9 Å². The van der Waals surface area contributed by atoms with Gasteiger partial charge in [-0.1, -0.05) is 36.8 Å². The van der Waals surface area contributed by atoms with Gasteiger partial charge in [-0.15, -0.1) is 12.4 Å². The Morgan fingerprint density at radius 1 is 0.926 bits per heavy atom. The molecule has 0 unspecified atom stereocenters. The molecule has 0 amide bonds. The first kappa shape index (κ1) is 19.6. The van der Waals surface area contributed by atoms with E-state index >= 15 is 0 Å². The molecule has 1 aliphatic heterocycles. The average molecular weight is 386 g/mol. The third-order valence-electron chi connectivity index (χ3n) is 5.15. The highest BCUT2D eigenvalue weighted by atomic mass is 35.5. The van der Waals surface area contributed by atoms with Crippen LogP contribution in [0.15, 0.2) is 55.2 Å². The van der Waals surface area contributed by atoms with E-state index in [4.69, 9.17) is 0 Å². The standard InChI is InChI=1S/C21H27N5.ClH/c1-3-8-19(9-4-1)16-26-17-20(14-23-26)21-15-22-18-25(21)13-7-12-24-10-5-2-6-11-24;/h1,3-4,8-9,14-15,17-18H,2,5-7,10-13,16H2;1H. The molecule has 0 radical (unpaired) electrons. The number of hydrogen-bond donors (Lipinski definition) is 0. The SMILES string of the molecule is Cl.c1ccc(Cn2cc(-c3cncn3CCCN3CCCCC3)cn2)cc1. The lowest BCUT2D eigenvalue weighted by Crippen LogP contribution is -2.31. The summed E-state index contributed by atoms with van der Waals surface area (Å²) in [6, 6.07) is 10.4. The zero-order chi connectivity index (χ0) is 17.6. The van der Waals surface area contributed by atoms with Gasteiger partial charge in [0, 0.05) is 18.3 Å². The van der Waals surface area contributed by atoms with E-state index in [1.165, 1.54) is 50.9 Å². The Kier molecular flexibility index (Phi) is 7.07. The fourth-order valence-electron chi connectivity index (χ4n) is 3.74. The summed E-state index contributed by atoms with van der Waals surface area (Å²) < 4.78 is 4.25. The van der Waals surface area contributed by atoms with E-state index in [-0.39, 0.29) is 12.4 Å². The van der Waals surface area contributed by atoms with Crippen molar-refractivity contribution >= 4 is 12.4 Å². The number of likely N-dealkylation sites (tertiary alicyclic amines) is 1. The minimum atomic E-state index is 0. The van der Waals surface area contributed by atoms with Gasteiger partial charge in [-0.25, -0.2) is 4.98 Å². The molecule has 144 valence electrons. The van der Waals surface area contributed by atoms with Crippen molar-refractivity contribution in [1.82, 2.24) is 24.2 Å². The molecule has 27 heavy (non-hydrogen) atoms. The molecular weight excluding hydrogens is 358 g/mol. The lowest BCUT2D eigenvalue weighted by atomic mass is 10.1. The first-order valence-electron chi connectivity index (χ1n) is 9.68. The zero-order valence-electron chi connectivity index (χ0n) is 15.7. The molecule has 3 heterocycles. The van der Waals surface area contributed by atoms with Crippen LogP contribution in [0.5, 0.6) is 0 Å². The van der Waals surface area contributed by atoms with E-state index < -0.39 is 0 Å². The summed E-state index contributed by atoms with van der Waals surface area (Å²) >= 11 is 0. The van der Waals surface area contributed by atoms with Crippen LogP contribution < -0.4 is 0 Å². The maximum absolute atomic E-state index is 4.53. The molecule has 3 aromatic rings. The van der Waals surface area contributed by atoms with Gasteiger partial charge in [0.1, 0.15) is 0 Å². The van der Waals surface area contributed by atoms with Crippen LogP contribution in [0.2, 0.25) is 0 Å². The molecule has 6 heteroatoms. The third kappa shape index (κ3) is 5.21. The summed E-state index contributed by atoms with van der Waals surface area (Å²) in [5, 5.41) is 4.53. The molecule has 1 saturated heterocycles. The third-order valence-corrected chi connectivity index (χ3v) is 5.15. The van der Waals surface area contributed by atoms with Gasteiger partial charge in [0.05, 0.1) is 31.0 Å². The molecule has 0 spiro atoms. The summed E-state index contributed by atoms with van der Waals surface area (Å²) in [7, 11) is 0. The highest BCUT2D eigenvalue weighted by Crippen LogP contribution is 2.19. The van der Waals surface area contributed by atoms with Crippen molar-refractivity contribution < 1.29 is 0 Å². The molecule has 0 saturated carbocycles. The minimum Gasteiger partial charge on any atom is -0.330 e. The molecule has 0 atom stereocenters. The monoisotopic (exact) mass is 385 g/mol. The summed E-state index contributed by atoms with van der Waals surface area (Å²) in [6.07, 6.45) is 13.2. The maximum Gasteiger partial charge on any atom is 0.0950 e. The van der Waals surface area contributed by atoms with Crippen LogP contribution in [0, 0.1) is 0 Å². The largest absolute Gasteiger partial charge is 0.330 e. The van der Waals surface area contributed by atoms with Gasteiger partial charge < -0.3 is 9.47 Å². The molecule has 0 aliphatic carbocycles. The topological polar surface area (TPSA) is 38.9 Å². The van der Waals surface area contributed by atoms with Crippen LogP contribution in [0.25, 0.3) is 11.3 Å². The summed E-state index contributed by atoms with van der Waals surface area (Å²) in [5.74, 6) is 0. The number of halogens is 1. The molecular formula is C21H28ClN5. The number of imidazole rings is 1. The van der Waals surface area contributed by atoms with Crippen LogP contribution in [0.1, 0.15) is 31.2 Å². The van der Waals surface area contributed by atoms with Crippen molar-refractivity contribution in [2.24, 2.45) is 0 Å². The Morgan fingerprint density at radius 3 is 2.56 bits per heavy atom. The van der Waals surface area contributed by atoms with Crippen LogP contribution >= 0.6 is 12.4 Å². The number of rotatable bonds is 7. The summed E-state index contributed by atoms with van der Waals surface area (Å²) in [4.78, 5) is 6.96. The van der Waals surface area contributed by atoms with E-state index in [0.29, 0.717) is 0 Å². The quantitative estimate of drug-likeness (QED) is 0.614. The highest BCUT2D eigenvalue weighted by Gasteiger charge is 2.11. The fraction of sp³-hybridized carbons (Fsp3) is 0.429. The average Bonchev–Trinajstić information content (AvgIpc) is 3.33. The Bertz CT molecular complexity index is 805. The van der Waals surface area contributed by atoms with Gasteiger partial charge >= 0.3 is 0 Å². The van der Waals surface area contributed by atoms with Crippen molar-refractivity contribution in [2.75, 3.05) is 19.6 Å². The highest BCUT2D eigenvalue weighted by molar-refractivity contribution is 5.85. The van der Waals surface area contributed by atoms with Crippen molar-refractivity contribution in [3.05, 3.63) is 60.8 Å². The van der Waals surface area contributed by atoms with Gasteiger partial charge in [-0.05, 0) is 44.5 Å². The van der Waals surface area contributed by atoms with Crippen LogP contribution in [0.4, 0.5) is 0 Å². The van der Waals surface area contributed by atoms with E-state index in [1.807, 2.05) is 29.5 Å². The lowest BCUT2D eigenvalue weighted by Gasteiger charge is -2.26. The molecule has 1 aromatic carbocycles. The normalized spacial score (nSPS) is 14.8. The molecule has 2 aromatic heterocycles. The molecule has 0 bridgehead atoms. The zero-order valence-corrected chi connectivity index (χ0v) is 16.5. The second kappa shape index (κ2) is 9.72. The van der Waals surface area contributed by atoms with Crippen molar-refractivity contribution in [1.29, 1.82) is 0 Å². The van der Waals surface area contributed by atoms with Crippen molar-refractivity contribution in [2.45, 2.75) is 38.8 Å². The predicted molar refractivity (Wildman–Crippen MR) is 111 cm³/mol. The van der Waals surface area contributed by atoms with Crippen molar-refractivity contribution in [3.8, 4) is 11.3 Å². The number of piperidine rings is 1. The van der Waals surface area contributed by atoms with Crippen LogP contribution in [0.3, 0.4) is 0 Å². The number of benzene rings is 1. The number of aromatic nitrogens is 4. The molecule has 1 aliphatic rings. The van der Waals surface area contributed by atoms with E-state index in [2.05, 4.69) is 50.0 Å². The molecule has 5 nitrogen and oxygen atoms in total. The fourth-order valence-corrected chi connectivity index (χ4v) is 3.74. The smallest absolute Gasteiger partial charge is 0.0950 e. The Morgan fingerprint density at radius 2 is 1.74 bits per heavy atom. The predicted octanol–water partition coefficient (Wildman–Crippen LogP) is 4.09. The lowest BCUT2D eigenvalue weighted by molar-refractivity contribution is 0.223. The van der Waals surface area contributed by atoms with E-state index in [0.717, 1.165) is 24.3 Å². The number of nitrogens with zero attached hydrogens (tertiary/aromatic N) is 5. The van der Waals surface area contributed by atoms with Crippen molar-refractivity contribution in [3.63, 3.8) is 0 Å². The van der Waals surface area contributed by atoms with E-state index in [9.17, 15) is 0 Å². The first-order valence-corrected chi connectivity index (χ1v) is 9.68. The van der Waals surface area contributed by atoms with Crippen LogP contribution in [-0.2, 0) is 13.1 Å². The van der Waals surface area contributed by atoms with Gasteiger partial charge in [0.2, 0.25) is 0 Å². The maximum atomic E-state index is 4.53. The number of hydrogen-bond acceptors (Lipinski definition) is 3.